The third-order valence-electron chi connectivity index (χ3n) is 2.84. The summed E-state index contributed by atoms with van der Waals surface area (Å²) in [6, 6.07) is 11.1. The van der Waals surface area contributed by atoms with Crippen LogP contribution in [0.3, 0.4) is 0 Å². The van der Waals surface area contributed by atoms with Gasteiger partial charge in [0.05, 0.1) is 6.54 Å². The summed E-state index contributed by atoms with van der Waals surface area (Å²) in [5, 5.41) is 1.74. The molecule has 0 amide bonds. The van der Waals surface area contributed by atoms with Crippen LogP contribution in [0.1, 0.15) is 11.1 Å². The fourth-order valence-electron chi connectivity index (χ4n) is 1.76. The zero-order valence-corrected chi connectivity index (χ0v) is 12.7. The molecule has 0 radical (unpaired) electrons. The summed E-state index contributed by atoms with van der Waals surface area (Å²) in [6.45, 7) is 2.34. The molecule has 0 saturated carbocycles. The largest absolute Gasteiger partial charge is 0.253 e. The van der Waals surface area contributed by atoms with Gasteiger partial charge in [0.15, 0.2) is 0 Å². The van der Waals surface area contributed by atoms with Gasteiger partial charge in [-0.25, -0.2) is 8.42 Å². The van der Waals surface area contributed by atoms with Crippen LogP contribution < -0.4 is 0 Å². The third-order valence-corrected chi connectivity index (χ3v) is 6.00. The van der Waals surface area contributed by atoms with Gasteiger partial charge in [0.2, 0.25) is 0 Å². The summed E-state index contributed by atoms with van der Waals surface area (Å²) < 4.78 is 26.6. The number of nitrogens with zero attached hydrogens (tertiary/aromatic N) is 1. The van der Waals surface area contributed by atoms with Crippen molar-refractivity contribution in [2.45, 2.75) is 17.7 Å². The van der Waals surface area contributed by atoms with E-state index in [2.05, 4.69) is 5.92 Å². The van der Waals surface area contributed by atoms with Crippen molar-refractivity contribution in [3.63, 3.8) is 0 Å². The Kier molecular flexibility index (Phi) is 4.61. The molecule has 20 heavy (non-hydrogen) atoms. The fraction of sp³-hybridized carbons (Fsp3) is 0.200. The molecule has 0 fully saturated rings. The third kappa shape index (κ3) is 3.28. The highest BCUT2D eigenvalue weighted by atomic mass is 32.2. The van der Waals surface area contributed by atoms with Crippen molar-refractivity contribution in [3.8, 4) is 12.3 Å². The molecular formula is C15H15NO2S2. The monoisotopic (exact) mass is 305 g/mol. The summed E-state index contributed by atoms with van der Waals surface area (Å²) in [7, 11) is -3.52. The number of hydrogen-bond donors (Lipinski definition) is 0. The van der Waals surface area contributed by atoms with E-state index in [9.17, 15) is 8.42 Å². The number of sulfonamides is 1. The van der Waals surface area contributed by atoms with Crippen LogP contribution in [0, 0.1) is 19.3 Å². The maximum Gasteiger partial charge on any atom is 0.253 e. The van der Waals surface area contributed by atoms with E-state index in [0.717, 1.165) is 11.1 Å². The molecule has 3 nitrogen and oxygen atoms in total. The highest BCUT2D eigenvalue weighted by molar-refractivity contribution is 7.91. The lowest BCUT2D eigenvalue weighted by atomic mass is 10.1. The standard InChI is InChI=1S/C15H15NO2S2/c1-3-10-16(12-14-8-6-13(2)7-9-14)20(17,18)15-5-4-11-19-15/h1,4-9,11H,10,12H2,2H3. The molecule has 0 N–H and O–H groups in total. The van der Waals surface area contributed by atoms with Crippen molar-refractivity contribution in [1.29, 1.82) is 0 Å². The van der Waals surface area contributed by atoms with Crippen molar-refractivity contribution in [3.05, 3.63) is 52.9 Å². The molecule has 0 bridgehead atoms. The summed E-state index contributed by atoms with van der Waals surface area (Å²) in [4.78, 5) is 0. The highest BCUT2D eigenvalue weighted by Gasteiger charge is 2.24. The lowest BCUT2D eigenvalue weighted by Crippen LogP contribution is -2.30. The molecule has 1 heterocycles. The Balaban J connectivity index is 2.28. The van der Waals surface area contributed by atoms with E-state index in [-0.39, 0.29) is 13.1 Å². The predicted octanol–water partition coefficient (Wildman–Crippen LogP) is 2.88. The van der Waals surface area contributed by atoms with Crippen LogP contribution in [-0.2, 0) is 16.6 Å². The second kappa shape index (κ2) is 6.23. The maximum atomic E-state index is 12.5. The molecule has 1 aromatic heterocycles. The van der Waals surface area contributed by atoms with Gasteiger partial charge in [0, 0.05) is 6.54 Å². The number of benzene rings is 1. The SMILES string of the molecule is C#CCN(Cc1ccc(C)cc1)S(=O)(=O)c1cccs1. The zero-order valence-electron chi connectivity index (χ0n) is 11.1. The first-order chi connectivity index (χ1) is 9.54. The Labute approximate surface area is 123 Å². The molecule has 0 saturated heterocycles. The Morgan fingerprint density at radius 1 is 1.25 bits per heavy atom. The molecule has 2 rings (SSSR count). The van der Waals surface area contributed by atoms with E-state index in [1.54, 1.807) is 17.5 Å². The van der Waals surface area contributed by atoms with Crippen molar-refractivity contribution in [2.75, 3.05) is 6.54 Å². The Morgan fingerprint density at radius 2 is 1.95 bits per heavy atom. The van der Waals surface area contributed by atoms with Gasteiger partial charge in [-0.1, -0.05) is 41.8 Å². The van der Waals surface area contributed by atoms with Crippen molar-refractivity contribution < 1.29 is 8.42 Å². The number of thiophene rings is 1. The molecule has 0 atom stereocenters. The molecule has 0 unspecified atom stereocenters. The summed E-state index contributed by atoms with van der Waals surface area (Å²) in [5.74, 6) is 2.42. The Bertz CT molecular complexity index is 695. The summed E-state index contributed by atoms with van der Waals surface area (Å²) in [5.41, 5.74) is 2.06. The van der Waals surface area contributed by atoms with Gasteiger partial charge in [-0.3, -0.25) is 0 Å². The molecule has 5 heteroatoms. The minimum Gasteiger partial charge on any atom is -0.206 e. The van der Waals surface area contributed by atoms with Crippen molar-refractivity contribution in [2.24, 2.45) is 0 Å². The quantitative estimate of drug-likeness (QED) is 0.797. The molecule has 2 aromatic rings. The van der Waals surface area contributed by atoms with Crippen LogP contribution in [0.25, 0.3) is 0 Å². The van der Waals surface area contributed by atoms with Crippen molar-refractivity contribution >= 4 is 21.4 Å². The van der Waals surface area contributed by atoms with Crippen LogP contribution in [0.2, 0.25) is 0 Å². The minimum atomic E-state index is -3.52. The van der Waals surface area contributed by atoms with E-state index >= 15 is 0 Å². The number of aryl methyl sites for hydroxylation is 1. The van der Waals surface area contributed by atoms with Gasteiger partial charge >= 0.3 is 0 Å². The van der Waals surface area contributed by atoms with Crippen molar-refractivity contribution in [1.82, 2.24) is 4.31 Å². The van der Waals surface area contributed by atoms with Gasteiger partial charge < -0.3 is 0 Å². The molecule has 104 valence electrons. The van der Waals surface area contributed by atoms with E-state index in [1.165, 1.54) is 15.6 Å². The summed E-state index contributed by atoms with van der Waals surface area (Å²) in [6.07, 6.45) is 5.30. The van der Waals surface area contributed by atoms with Crippen LogP contribution in [0.5, 0.6) is 0 Å². The fourth-order valence-corrected chi connectivity index (χ4v) is 4.25. The van der Waals surface area contributed by atoms with Crippen LogP contribution in [0.15, 0.2) is 46.0 Å². The van der Waals surface area contributed by atoms with Crippen LogP contribution >= 0.6 is 11.3 Å². The molecule has 0 aliphatic heterocycles. The van der Waals surface area contributed by atoms with Gasteiger partial charge in [-0.2, -0.15) is 4.31 Å². The van der Waals surface area contributed by atoms with Crippen LogP contribution in [0.4, 0.5) is 0 Å². The first-order valence-corrected chi connectivity index (χ1v) is 8.38. The highest BCUT2D eigenvalue weighted by Crippen LogP contribution is 2.22. The molecule has 1 aromatic carbocycles. The summed E-state index contributed by atoms with van der Waals surface area (Å²) >= 11 is 1.20. The maximum absolute atomic E-state index is 12.5. The Morgan fingerprint density at radius 3 is 2.50 bits per heavy atom. The van der Waals surface area contributed by atoms with Gasteiger partial charge in [-0.15, -0.1) is 17.8 Å². The first kappa shape index (κ1) is 14.8. The molecule has 0 aliphatic rings. The minimum absolute atomic E-state index is 0.0636. The van der Waals surface area contributed by atoms with E-state index in [1.807, 2.05) is 31.2 Å². The van der Waals surface area contributed by atoms with Gasteiger partial charge in [0.25, 0.3) is 10.0 Å². The van der Waals surface area contributed by atoms with Gasteiger partial charge in [0.1, 0.15) is 4.21 Å². The van der Waals surface area contributed by atoms with E-state index in [4.69, 9.17) is 6.42 Å². The lowest BCUT2D eigenvalue weighted by molar-refractivity contribution is 0.444. The average Bonchev–Trinajstić information content (AvgIpc) is 2.95. The average molecular weight is 305 g/mol. The second-order valence-corrected chi connectivity index (χ2v) is 7.51. The van der Waals surface area contributed by atoms with Gasteiger partial charge in [-0.05, 0) is 23.9 Å². The van der Waals surface area contributed by atoms with Crippen LogP contribution in [-0.4, -0.2) is 19.3 Å². The number of rotatable bonds is 5. The predicted molar refractivity (Wildman–Crippen MR) is 81.9 cm³/mol. The Hall–Kier alpha value is -1.61. The van der Waals surface area contributed by atoms with E-state index in [0.29, 0.717) is 4.21 Å². The van der Waals surface area contributed by atoms with E-state index < -0.39 is 10.0 Å². The number of terminal acetylenes is 1. The number of hydrogen-bond acceptors (Lipinski definition) is 3. The smallest absolute Gasteiger partial charge is 0.206 e. The zero-order chi connectivity index (χ0) is 14.6. The first-order valence-electron chi connectivity index (χ1n) is 6.06. The molecule has 0 aliphatic carbocycles. The molecular weight excluding hydrogens is 290 g/mol. The lowest BCUT2D eigenvalue weighted by Gasteiger charge is -2.19. The normalized spacial score (nSPS) is 11.4. The second-order valence-electron chi connectivity index (χ2n) is 4.39. The molecule has 0 spiro atoms. The topological polar surface area (TPSA) is 37.4 Å².